The second-order valence-corrected chi connectivity index (χ2v) is 7.23. The zero-order valence-electron chi connectivity index (χ0n) is 14.3. The van der Waals surface area contributed by atoms with Crippen molar-refractivity contribution in [2.45, 2.75) is 0 Å². The Morgan fingerprint density at radius 3 is 2.75 bits per heavy atom. The topological polar surface area (TPSA) is 109 Å². The molecule has 28 heavy (non-hydrogen) atoms. The van der Waals surface area contributed by atoms with E-state index in [1.165, 1.54) is 12.1 Å². The molecule has 7 heteroatoms. The van der Waals surface area contributed by atoms with Crippen molar-refractivity contribution in [1.29, 1.82) is 5.26 Å². The summed E-state index contributed by atoms with van der Waals surface area (Å²) >= 11 is 3.58. The van der Waals surface area contributed by atoms with Crippen LogP contribution in [0.2, 0.25) is 0 Å². The molecule has 0 fully saturated rings. The molecule has 2 aromatic carbocycles. The fourth-order valence-corrected chi connectivity index (χ4v) is 3.98. The molecule has 0 amide bonds. The van der Waals surface area contributed by atoms with Gasteiger partial charge in [0, 0.05) is 32.6 Å². The number of halogens is 1. The van der Waals surface area contributed by atoms with Gasteiger partial charge in [0.15, 0.2) is 5.43 Å². The number of benzene rings is 2. The van der Waals surface area contributed by atoms with Gasteiger partial charge >= 0.3 is 0 Å². The first-order valence-electron chi connectivity index (χ1n) is 8.40. The minimum Gasteiger partial charge on any atom is -0.437 e. The van der Waals surface area contributed by atoms with Gasteiger partial charge in [0.2, 0.25) is 5.71 Å². The molecule has 0 spiro atoms. The van der Waals surface area contributed by atoms with E-state index in [-0.39, 0.29) is 22.5 Å². The van der Waals surface area contributed by atoms with Crippen LogP contribution >= 0.6 is 15.9 Å². The quantitative estimate of drug-likeness (QED) is 0.295. The van der Waals surface area contributed by atoms with Crippen LogP contribution in [0.5, 0.6) is 0 Å². The number of nitrogens with two attached hydrogens (primary N) is 1. The molecule has 0 aliphatic rings. The van der Waals surface area contributed by atoms with Gasteiger partial charge in [0.1, 0.15) is 23.0 Å². The van der Waals surface area contributed by atoms with Crippen molar-refractivity contribution in [3.63, 3.8) is 0 Å². The van der Waals surface area contributed by atoms with E-state index in [0.717, 1.165) is 26.5 Å². The van der Waals surface area contributed by atoms with Gasteiger partial charge in [-0.1, -0.05) is 34.1 Å². The van der Waals surface area contributed by atoms with E-state index in [1.807, 2.05) is 30.3 Å². The highest BCUT2D eigenvalue weighted by atomic mass is 79.9. The van der Waals surface area contributed by atoms with Crippen LogP contribution in [0.3, 0.4) is 0 Å². The van der Waals surface area contributed by atoms with Crippen LogP contribution in [-0.4, -0.2) is 9.97 Å². The van der Waals surface area contributed by atoms with Crippen molar-refractivity contribution in [2.75, 3.05) is 5.73 Å². The molecule has 0 aliphatic heterocycles. The summed E-state index contributed by atoms with van der Waals surface area (Å²) < 4.78 is 6.75. The highest BCUT2D eigenvalue weighted by molar-refractivity contribution is 9.10. The summed E-state index contributed by atoms with van der Waals surface area (Å²) in [6.45, 7) is 0. The summed E-state index contributed by atoms with van der Waals surface area (Å²) in [6.07, 6.45) is 0. The molecule has 0 bridgehead atoms. The molecule has 3 N–H and O–H groups in total. The van der Waals surface area contributed by atoms with E-state index in [1.54, 1.807) is 6.07 Å². The number of nitrogens with zero attached hydrogens (tertiary/aromatic N) is 2. The Morgan fingerprint density at radius 1 is 1.14 bits per heavy atom. The van der Waals surface area contributed by atoms with E-state index in [9.17, 15) is 10.1 Å². The second kappa shape index (κ2) is 5.94. The molecule has 3 aromatic heterocycles. The van der Waals surface area contributed by atoms with Crippen LogP contribution in [0.15, 0.2) is 62.2 Å². The summed E-state index contributed by atoms with van der Waals surface area (Å²) in [5, 5.41) is 11.9. The first kappa shape index (κ1) is 16.5. The smallest absolute Gasteiger partial charge is 0.231 e. The SMILES string of the molecule is N#Cc1c(N)nc2oc3cc(=O)ccc3c3cc(-c4ccccc4Br)[nH]c1c23. The summed E-state index contributed by atoms with van der Waals surface area (Å²) in [7, 11) is 0. The van der Waals surface area contributed by atoms with Crippen molar-refractivity contribution >= 4 is 54.7 Å². The molecule has 6 nitrogen and oxygen atoms in total. The number of aromatic amines is 1. The molecule has 5 rings (SSSR count). The summed E-state index contributed by atoms with van der Waals surface area (Å²) in [5.74, 6) is 0.0678. The van der Waals surface area contributed by atoms with Crippen molar-refractivity contribution in [2.24, 2.45) is 0 Å². The molecular weight excluding hydrogens is 420 g/mol. The van der Waals surface area contributed by atoms with Crippen LogP contribution in [0.4, 0.5) is 5.82 Å². The summed E-state index contributed by atoms with van der Waals surface area (Å²) in [4.78, 5) is 19.4. The molecule has 134 valence electrons. The number of fused-ring (bicyclic) bond motifs is 2. The normalized spacial score (nSPS) is 11.3. The van der Waals surface area contributed by atoms with E-state index < -0.39 is 0 Å². The number of H-pyrrole nitrogens is 1. The summed E-state index contributed by atoms with van der Waals surface area (Å²) in [6, 6.07) is 16.5. The van der Waals surface area contributed by atoms with Gasteiger partial charge in [0.05, 0.1) is 10.9 Å². The zero-order chi connectivity index (χ0) is 19.4. The van der Waals surface area contributed by atoms with Gasteiger partial charge in [-0.2, -0.15) is 10.2 Å². The number of aromatic nitrogens is 2. The fourth-order valence-electron chi connectivity index (χ4n) is 3.48. The maximum atomic E-state index is 11.8. The lowest BCUT2D eigenvalue weighted by atomic mass is 10.0. The van der Waals surface area contributed by atoms with E-state index in [4.69, 9.17) is 10.2 Å². The Balaban J connectivity index is 2.07. The van der Waals surface area contributed by atoms with E-state index in [0.29, 0.717) is 16.5 Å². The monoisotopic (exact) mass is 430 g/mol. The Kier molecular flexibility index (Phi) is 3.51. The van der Waals surface area contributed by atoms with Crippen molar-refractivity contribution in [1.82, 2.24) is 9.97 Å². The number of hydrogen-bond donors (Lipinski definition) is 2. The molecule has 0 radical (unpaired) electrons. The Morgan fingerprint density at radius 2 is 1.96 bits per heavy atom. The van der Waals surface area contributed by atoms with Gasteiger partial charge < -0.3 is 15.1 Å². The lowest BCUT2D eigenvalue weighted by molar-refractivity contribution is 0.647. The molecule has 0 saturated heterocycles. The lowest BCUT2D eigenvalue weighted by Crippen LogP contribution is -2.01. The third-order valence-electron chi connectivity index (χ3n) is 4.74. The average Bonchev–Trinajstić information content (AvgIpc) is 2.68. The molecule has 0 atom stereocenters. The molecule has 0 aliphatic carbocycles. The largest absolute Gasteiger partial charge is 0.437 e. The maximum Gasteiger partial charge on any atom is 0.231 e. The number of anilines is 1. The first-order chi connectivity index (χ1) is 13.6. The number of hydrogen-bond acceptors (Lipinski definition) is 5. The number of nitrogen functional groups attached to an aromatic ring is 1. The standard InChI is InChI=1S/C21H11BrN4O2/c22-15-4-2-1-3-12(15)16-8-13-11-6-5-10(27)7-17(11)28-21-18(13)19(25-16)14(9-23)20(24)26-21/h1-8,25H,(H2,24,26). The first-order valence-corrected chi connectivity index (χ1v) is 9.20. The predicted molar refractivity (Wildman–Crippen MR) is 112 cm³/mol. The van der Waals surface area contributed by atoms with Crippen molar-refractivity contribution in [3.05, 3.63) is 68.8 Å². The van der Waals surface area contributed by atoms with Crippen molar-refractivity contribution in [3.8, 4) is 17.3 Å². The number of nitriles is 1. The van der Waals surface area contributed by atoms with Gasteiger partial charge in [-0.15, -0.1) is 0 Å². The predicted octanol–water partition coefficient (Wildman–Crippen LogP) is 4.71. The lowest BCUT2D eigenvalue weighted by Gasteiger charge is -2.14. The zero-order valence-corrected chi connectivity index (χ0v) is 15.9. The second-order valence-electron chi connectivity index (χ2n) is 6.38. The van der Waals surface area contributed by atoms with Crippen LogP contribution in [-0.2, 0) is 0 Å². The minimum absolute atomic E-state index is 0.0678. The van der Waals surface area contributed by atoms with Crippen LogP contribution in [0.25, 0.3) is 44.2 Å². The van der Waals surface area contributed by atoms with E-state index in [2.05, 4.69) is 32.0 Å². The van der Waals surface area contributed by atoms with Gasteiger partial charge in [-0.3, -0.25) is 4.79 Å². The summed E-state index contributed by atoms with van der Waals surface area (Å²) in [5.41, 5.74) is 9.06. The number of pyridine rings is 2. The maximum absolute atomic E-state index is 11.8. The highest BCUT2D eigenvalue weighted by Gasteiger charge is 2.19. The van der Waals surface area contributed by atoms with Gasteiger partial charge in [-0.05, 0) is 24.3 Å². The Labute approximate surface area is 166 Å². The molecule has 0 unspecified atom stereocenters. The highest BCUT2D eigenvalue weighted by Crippen LogP contribution is 2.38. The molecular formula is C21H11BrN4O2. The third-order valence-corrected chi connectivity index (χ3v) is 5.43. The van der Waals surface area contributed by atoms with Gasteiger partial charge in [0.25, 0.3) is 0 Å². The van der Waals surface area contributed by atoms with Gasteiger partial charge in [-0.25, -0.2) is 0 Å². The number of rotatable bonds is 1. The Bertz CT molecular complexity index is 1530. The Hall–Kier alpha value is -3.63. The van der Waals surface area contributed by atoms with Crippen molar-refractivity contribution < 1.29 is 4.42 Å². The van der Waals surface area contributed by atoms with Crippen LogP contribution < -0.4 is 11.2 Å². The minimum atomic E-state index is -0.159. The fraction of sp³-hybridized carbons (Fsp3) is 0. The molecule has 3 heterocycles. The number of nitrogens with one attached hydrogen (secondary N) is 1. The molecule has 5 aromatic rings. The average molecular weight is 431 g/mol. The van der Waals surface area contributed by atoms with E-state index >= 15 is 0 Å². The van der Waals surface area contributed by atoms with Crippen LogP contribution in [0.1, 0.15) is 5.56 Å². The third kappa shape index (κ3) is 2.32. The molecule has 0 saturated carbocycles. The van der Waals surface area contributed by atoms with Crippen LogP contribution in [0, 0.1) is 11.3 Å².